The van der Waals surface area contributed by atoms with Crippen LogP contribution in [0, 0.1) is 10.1 Å². The van der Waals surface area contributed by atoms with Crippen molar-refractivity contribution in [3.63, 3.8) is 0 Å². The molecule has 29 heavy (non-hydrogen) atoms. The van der Waals surface area contributed by atoms with Crippen LogP contribution in [0.25, 0.3) is 17.4 Å². The van der Waals surface area contributed by atoms with E-state index < -0.39 is 4.92 Å². The van der Waals surface area contributed by atoms with Gasteiger partial charge in [0.2, 0.25) is 5.91 Å². The molecule has 3 rings (SSSR count). The van der Waals surface area contributed by atoms with Crippen LogP contribution >= 0.6 is 0 Å². The van der Waals surface area contributed by atoms with Gasteiger partial charge in [-0.15, -0.1) is 0 Å². The molecule has 0 bridgehead atoms. The van der Waals surface area contributed by atoms with Crippen molar-refractivity contribution in [3.05, 3.63) is 88.2 Å². The van der Waals surface area contributed by atoms with E-state index in [1.807, 2.05) is 24.3 Å². The Bertz CT molecular complexity index is 1020. The SMILES string of the molecule is CCCCc1ccc(NC(=O)/C=C/c2ccc(-c3cccc([N+](=O)[O-])c3)o2)cc1. The van der Waals surface area contributed by atoms with Crippen molar-refractivity contribution in [2.45, 2.75) is 26.2 Å². The van der Waals surface area contributed by atoms with Gasteiger partial charge in [0.05, 0.1) is 4.92 Å². The lowest BCUT2D eigenvalue weighted by Gasteiger charge is -2.04. The van der Waals surface area contributed by atoms with Gasteiger partial charge in [-0.3, -0.25) is 14.9 Å². The molecule has 6 nitrogen and oxygen atoms in total. The molecule has 0 aliphatic carbocycles. The number of anilines is 1. The summed E-state index contributed by atoms with van der Waals surface area (Å²) in [6.45, 7) is 2.16. The molecule has 0 spiro atoms. The van der Waals surface area contributed by atoms with Crippen LogP contribution in [0.1, 0.15) is 31.1 Å². The van der Waals surface area contributed by atoms with Crippen molar-refractivity contribution in [2.24, 2.45) is 0 Å². The zero-order valence-electron chi connectivity index (χ0n) is 16.1. The standard InChI is InChI=1S/C23H22N2O4/c1-2-3-5-17-8-10-19(11-9-17)24-23(26)15-13-21-12-14-22(29-21)18-6-4-7-20(16-18)25(27)28/h4,6-16H,2-3,5H2,1H3,(H,24,26)/b15-13+. The van der Waals surface area contributed by atoms with Crippen molar-refractivity contribution in [3.8, 4) is 11.3 Å². The van der Waals surface area contributed by atoms with Gasteiger partial charge in [-0.2, -0.15) is 0 Å². The number of unbranched alkanes of at least 4 members (excludes halogenated alkanes) is 1. The highest BCUT2D eigenvalue weighted by atomic mass is 16.6. The van der Waals surface area contributed by atoms with Gasteiger partial charge in [0.1, 0.15) is 11.5 Å². The molecule has 148 valence electrons. The number of aryl methyl sites for hydroxylation is 1. The number of non-ortho nitro benzene ring substituents is 1. The fourth-order valence-corrected chi connectivity index (χ4v) is 2.85. The molecule has 0 saturated heterocycles. The first kappa shape index (κ1) is 20.1. The topological polar surface area (TPSA) is 85.4 Å². The molecule has 0 atom stereocenters. The van der Waals surface area contributed by atoms with Gasteiger partial charge in [-0.25, -0.2) is 0 Å². The zero-order chi connectivity index (χ0) is 20.6. The third-order valence-electron chi connectivity index (χ3n) is 4.41. The summed E-state index contributed by atoms with van der Waals surface area (Å²) in [5.74, 6) is 0.715. The molecule has 1 aromatic heterocycles. The lowest BCUT2D eigenvalue weighted by Crippen LogP contribution is -2.07. The number of furan rings is 1. The number of nitrogens with one attached hydrogen (secondary N) is 1. The average molecular weight is 390 g/mol. The summed E-state index contributed by atoms with van der Waals surface area (Å²) in [5, 5.41) is 13.7. The second-order valence-electron chi connectivity index (χ2n) is 6.63. The Morgan fingerprint density at radius 1 is 1.14 bits per heavy atom. The molecule has 0 unspecified atom stereocenters. The lowest BCUT2D eigenvalue weighted by molar-refractivity contribution is -0.384. The highest BCUT2D eigenvalue weighted by molar-refractivity contribution is 6.01. The number of nitro groups is 1. The van der Waals surface area contributed by atoms with E-state index in [0.29, 0.717) is 17.1 Å². The van der Waals surface area contributed by atoms with Crippen LogP contribution in [0.15, 0.2) is 71.2 Å². The van der Waals surface area contributed by atoms with Gasteiger partial charge in [-0.1, -0.05) is 37.6 Å². The maximum Gasteiger partial charge on any atom is 0.270 e. The number of rotatable bonds is 8. The highest BCUT2D eigenvalue weighted by Gasteiger charge is 2.09. The minimum absolute atomic E-state index is 0.00363. The first-order valence-electron chi connectivity index (χ1n) is 9.48. The van der Waals surface area contributed by atoms with Gasteiger partial charge in [0.15, 0.2) is 0 Å². The number of hydrogen-bond acceptors (Lipinski definition) is 4. The molecule has 0 saturated carbocycles. The number of carbonyl (C=O) groups excluding carboxylic acids is 1. The normalized spacial score (nSPS) is 10.9. The van der Waals surface area contributed by atoms with Gasteiger partial charge in [-0.05, 0) is 48.7 Å². The Kier molecular flexibility index (Phi) is 6.58. The lowest BCUT2D eigenvalue weighted by atomic mass is 10.1. The van der Waals surface area contributed by atoms with Crippen LogP contribution in [-0.4, -0.2) is 10.8 Å². The summed E-state index contributed by atoms with van der Waals surface area (Å²) in [4.78, 5) is 22.6. The Labute approximate surface area is 169 Å². The van der Waals surface area contributed by atoms with Gasteiger partial charge in [0.25, 0.3) is 5.69 Å². The van der Waals surface area contributed by atoms with Crippen LogP contribution in [-0.2, 0) is 11.2 Å². The van der Waals surface area contributed by atoms with Crippen molar-refractivity contribution in [1.29, 1.82) is 0 Å². The molecular weight excluding hydrogens is 368 g/mol. The van der Waals surface area contributed by atoms with Gasteiger partial charge < -0.3 is 9.73 Å². The number of benzene rings is 2. The third-order valence-corrected chi connectivity index (χ3v) is 4.41. The van der Waals surface area contributed by atoms with E-state index in [2.05, 4.69) is 12.2 Å². The van der Waals surface area contributed by atoms with E-state index in [9.17, 15) is 14.9 Å². The van der Waals surface area contributed by atoms with Crippen molar-refractivity contribution in [1.82, 2.24) is 0 Å². The third kappa shape index (κ3) is 5.65. The van der Waals surface area contributed by atoms with Crippen LogP contribution < -0.4 is 5.32 Å². The fraction of sp³-hybridized carbons (Fsp3) is 0.174. The Morgan fingerprint density at radius 2 is 1.93 bits per heavy atom. The molecule has 2 aromatic carbocycles. The molecule has 0 radical (unpaired) electrons. The number of nitrogens with zero attached hydrogens (tertiary/aromatic N) is 1. The second-order valence-corrected chi connectivity index (χ2v) is 6.63. The van der Waals surface area contributed by atoms with Crippen LogP contribution in [0.4, 0.5) is 11.4 Å². The minimum Gasteiger partial charge on any atom is -0.457 e. The van der Waals surface area contributed by atoms with E-state index in [1.165, 1.54) is 23.8 Å². The van der Waals surface area contributed by atoms with Crippen molar-refractivity contribution in [2.75, 3.05) is 5.32 Å². The molecule has 0 fully saturated rings. The number of hydrogen-bond donors (Lipinski definition) is 1. The predicted octanol–water partition coefficient (Wildman–Crippen LogP) is 5.85. The Balaban J connectivity index is 1.61. The smallest absolute Gasteiger partial charge is 0.270 e. The molecular formula is C23H22N2O4. The maximum absolute atomic E-state index is 12.1. The van der Waals surface area contributed by atoms with E-state index in [0.717, 1.165) is 24.9 Å². The zero-order valence-corrected chi connectivity index (χ0v) is 16.1. The summed E-state index contributed by atoms with van der Waals surface area (Å²) in [6.07, 6.45) is 6.29. The fourth-order valence-electron chi connectivity index (χ4n) is 2.85. The van der Waals surface area contributed by atoms with Crippen LogP contribution in [0.5, 0.6) is 0 Å². The summed E-state index contributed by atoms with van der Waals surface area (Å²) < 4.78 is 5.67. The monoisotopic (exact) mass is 390 g/mol. The second kappa shape index (κ2) is 9.50. The number of amides is 1. The predicted molar refractivity (Wildman–Crippen MR) is 114 cm³/mol. The van der Waals surface area contributed by atoms with Gasteiger partial charge in [0, 0.05) is 29.5 Å². The first-order chi connectivity index (χ1) is 14.0. The summed E-state index contributed by atoms with van der Waals surface area (Å²) >= 11 is 0. The van der Waals surface area contributed by atoms with E-state index >= 15 is 0 Å². The quantitative estimate of drug-likeness (QED) is 0.297. The Morgan fingerprint density at radius 3 is 2.66 bits per heavy atom. The summed E-state index contributed by atoms with van der Waals surface area (Å²) in [5.41, 5.74) is 2.59. The molecule has 1 amide bonds. The number of nitro benzene ring substituents is 1. The first-order valence-corrected chi connectivity index (χ1v) is 9.48. The van der Waals surface area contributed by atoms with Crippen molar-refractivity contribution >= 4 is 23.4 Å². The van der Waals surface area contributed by atoms with E-state index in [4.69, 9.17) is 4.42 Å². The largest absolute Gasteiger partial charge is 0.457 e. The molecule has 0 aliphatic rings. The average Bonchev–Trinajstić information content (AvgIpc) is 3.21. The minimum atomic E-state index is -0.450. The van der Waals surface area contributed by atoms with Crippen molar-refractivity contribution < 1.29 is 14.1 Å². The molecule has 3 aromatic rings. The summed E-state index contributed by atoms with van der Waals surface area (Å²) in [6, 6.07) is 17.5. The van der Waals surface area contributed by atoms with Crippen LogP contribution in [0.2, 0.25) is 0 Å². The summed E-state index contributed by atoms with van der Waals surface area (Å²) in [7, 11) is 0. The molecule has 0 aliphatic heterocycles. The number of carbonyl (C=O) groups is 1. The van der Waals surface area contributed by atoms with Crippen LogP contribution in [0.3, 0.4) is 0 Å². The molecule has 1 heterocycles. The van der Waals surface area contributed by atoms with Gasteiger partial charge >= 0.3 is 0 Å². The highest BCUT2D eigenvalue weighted by Crippen LogP contribution is 2.26. The van der Waals surface area contributed by atoms with E-state index in [-0.39, 0.29) is 11.6 Å². The molecule has 6 heteroatoms. The Hall–Kier alpha value is -3.67. The van der Waals surface area contributed by atoms with E-state index in [1.54, 1.807) is 30.3 Å². The maximum atomic E-state index is 12.1. The molecule has 1 N–H and O–H groups in total.